The lowest BCUT2D eigenvalue weighted by Crippen LogP contribution is -2.21. The molecule has 1 aromatic rings. The summed E-state index contributed by atoms with van der Waals surface area (Å²) in [5.41, 5.74) is -0.250. The summed E-state index contributed by atoms with van der Waals surface area (Å²) in [6, 6.07) is 4.85. The van der Waals surface area contributed by atoms with Crippen LogP contribution < -0.4 is 5.56 Å². The normalized spacial score (nSPS) is 9.54. The monoisotopic (exact) mass is 180 g/mol. The van der Waals surface area contributed by atoms with Gasteiger partial charge in [-0.15, -0.1) is 0 Å². The minimum absolute atomic E-state index is 0.0985. The van der Waals surface area contributed by atoms with Crippen LogP contribution in [0.3, 0.4) is 0 Å². The van der Waals surface area contributed by atoms with Gasteiger partial charge in [0, 0.05) is 12.7 Å². The lowest BCUT2D eigenvalue weighted by atomic mass is 10.3. The lowest BCUT2D eigenvalue weighted by Gasteiger charge is -2.02. The Morgan fingerprint density at radius 1 is 1.62 bits per heavy atom. The Morgan fingerprint density at radius 2 is 2.38 bits per heavy atom. The molecule has 0 fully saturated rings. The van der Waals surface area contributed by atoms with Gasteiger partial charge in [-0.25, -0.2) is 0 Å². The molecule has 1 heterocycles. The zero-order valence-corrected chi connectivity index (χ0v) is 7.03. The summed E-state index contributed by atoms with van der Waals surface area (Å²) < 4.78 is 13.2. The highest BCUT2D eigenvalue weighted by molar-refractivity contribution is 5.24. The van der Waals surface area contributed by atoms with E-state index in [-0.39, 0.29) is 11.1 Å². The van der Waals surface area contributed by atoms with Crippen molar-refractivity contribution in [1.82, 2.24) is 4.57 Å². The Morgan fingerprint density at radius 3 is 3.00 bits per heavy atom. The minimum Gasteiger partial charge on any atom is -0.314 e. The molecule has 68 valence electrons. The summed E-state index contributed by atoms with van der Waals surface area (Å²) in [4.78, 5) is 11.3. The van der Waals surface area contributed by atoms with Crippen molar-refractivity contribution < 1.29 is 4.39 Å². The Kier molecular flexibility index (Phi) is 3.21. The number of nitrogens with zero attached hydrogens (tertiary/aromatic N) is 2. The predicted octanol–water partition coefficient (Wildman–Crippen LogP) is 1.08. The summed E-state index contributed by atoms with van der Waals surface area (Å²) >= 11 is 0. The zero-order chi connectivity index (χ0) is 9.68. The van der Waals surface area contributed by atoms with Crippen LogP contribution in [0.4, 0.5) is 4.39 Å². The molecule has 0 saturated heterocycles. The van der Waals surface area contributed by atoms with E-state index >= 15 is 0 Å². The van der Waals surface area contributed by atoms with E-state index in [9.17, 15) is 9.18 Å². The second-order valence-electron chi connectivity index (χ2n) is 2.57. The molecule has 3 nitrogen and oxygen atoms in total. The van der Waals surface area contributed by atoms with E-state index in [1.54, 1.807) is 18.3 Å². The fourth-order valence-corrected chi connectivity index (χ4v) is 1.03. The zero-order valence-electron chi connectivity index (χ0n) is 7.03. The summed E-state index contributed by atoms with van der Waals surface area (Å²) in [7, 11) is 0. The van der Waals surface area contributed by atoms with Gasteiger partial charge in [-0.3, -0.25) is 9.18 Å². The first-order valence-electron chi connectivity index (χ1n) is 3.95. The average Bonchev–Trinajstić information content (AvgIpc) is 2.16. The lowest BCUT2D eigenvalue weighted by molar-refractivity contribution is 0.443. The Hall–Kier alpha value is -1.63. The quantitative estimate of drug-likeness (QED) is 0.698. The van der Waals surface area contributed by atoms with E-state index in [0.717, 1.165) is 0 Å². The number of hydrogen-bond acceptors (Lipinski definition) is 2. The molecule has 0 radical (unpaired) electrons. The van der Waals surface area contributed by atoms with Gasteiger partial charge in [0.25, 0.3) is 5.56 Å². The Balaban J connectivity index is 2.97. The van der Waals surface area contributed by atoms with E-state index in [1.165, 1.54) is 10.6 Å². The van der Waals surface area contributed by atoms with Gasteiger partial charge in [0.2, 0.25) is 0 Å². The molecule has 0 amide bonds. The largest absolute Gasteiger partial charge is 0.314 e. The third-order valence-electron chi connectivity index (χ3n) is 1.67. The Labute approximate surface area is 75.0 Å². The molecule has 13 heavy (non-hydrogen) atoms. The first kappa shape index (κ1) is 9.46. The van der Waals surface area contributed by atoms with Crippen molar-refractivity contribution in [3.63, 3.8) is 0 Å². The van der Waals surface area contributed by atoms with Crippen LogP contribution in [0.25, 0.3) is 0 Å². The summed E-state index contributed by atoms with van der Waals surface area (Å²) in [5, 5.41) is 8.53. The van der Waals surface area contributed by atoms with Gasteiger partial charge in [-0.05, 0) is 18.6 Å². The van der Waals surface area contributed by atoms with E-state index in [0.29, 0.717) is 13.0 Å². The fraction of sp³-hybridized carbons (Fsp3) is 0.333. The highest BCUT2D eigenvalue weighted by atomic mass is 19.1. The molecule has 0 aliphatic heterocycles. The number of aryl methyl sites for hydroxylation is 1. The Bertz CT molecular complexity index is 378. The van der Waals surface area contributed by atoms with Gasteiger partial charge in [0.1, 0.15) is 11.6 Å². The first-order valence-corrected chi connectivity index (χ1v) is 3.95. The van der Waals surface area contributed by atoms with Crippen molar-refractivity contribution in [3.05, 3.63) is 34.2 Å². The van der Waals surface area contributed by atoms with Crippen LogP contribution in [0.15, 0.2) is 23.1 Å². The SMILES string of the molecule is N#Cc1cccn(CCCF)c1=O. The predicted molar refractivity (Wildman–Crippen MR) is 46.0 cm³/mol. The smallest absolute Gasteiger partial charge is 0.268 e. The van der Waals surface area contributed by atoms with Gasteiger partial charge in [-0.2, -0.15) is 5.26 Å². The van der Waals surface area contributed by atoms with Crippen LogP contribution >= 0.6 is 0 Å². The number of pyridine rings is 1. The van der Waals surface area contributed by atoms with Gasteiger partial charge >= 0.3 is 0 Å². The first-order chi connectivity index (χ1) is 6.29. The number of halogens is 1. The number of rotatable bonds is 3. The average molecular weight is 180 g/mol. The van der Waals surface area contributed by atoms with Crippen molar-refractivity contribution in [2.45, 2.75) is 13.0 Å². The highest BCUT2D eigenvalue weighted by Gasteiger charge is 2.00. The van der Waals surface area contributed by atoms with Crippen LogP contribution in [-0.2, 0) is 6.54 Å². The van der Waals surface area contributed by atoms with Crippen LogP contribution in [0.5, 0.6) is 0 Å². The van der Waals surface area contributed by atoms with Gasteiger partial charge in [0.15, 0.2) is 0 Å². The van der Waals surface area contributed by atoms with Crippen LogP contribution in [0.1, 0.15) is 12.0 Å². The molecular formula is C9H9FN2O. The molecule has 1 rings (SSSR count). The van der Waals surface area contributed by atoms with E-state index < -0.39 is 6.67 Å². The van der Waals surface area contributed by atoms with Crippen LogP contribution in [-0.4, -0.2) is 11.2 Å². The summed E-state index contributed by atoms with van der Waals surface area (Å²) in [5.74, 6) is 0. The third kappa shape index (κ3) is 2.15. The molecule has 0 bridgehead atoms. The summed E-state index contributed by atoms with van der Waals surface area (Å²) in [6.45, 7) is -0.131. The standard InChI is InChI=1S/C9H9FN2O/c10-4-2-6-12-5-1-3-8(7-11)9(12)13/h1,3,5H,2,4,6H2. The second-order valence-corrected chi connectivity index (χ2v) is 2.57. The second kappa shape index (κ2) is 4.41. The van der Waals surface area contributed by atoms with Crippen molar-refractivity contribution in [2.24, 2.45) is 0 Å². The number of alkyl halides is 1. The molecule has 0 unspecified atom stereocenters. The van der Waals surface area contributed by atoms with Crippen LogP contribution in [0.2, 0.25) is 0 Å². The highest BCUT2D eigenvalue weighted by Crippen LogP contribution is 1.92. The molecule has 0 spiro atoms. The van der Waals surface area contributed by atoms with Gasteiger partial charge in [0.05, 0.1) is 6.67 Å². The van der Waals surface area contributed by atoms with E-state index in [2.05, 4.69) is 0 Å². The molecule has 0 aromatic carbocycles. The molecule has 4 heteroatoms. The van der Waals surface area contributed by atoms with E-state index in [1.807, 2.05) is 0 Å². The number of hydrogen-bond donors (Lipinski definition) is 0. The molecular weight excluding hydrogens is 171 g/mol. The van der Waals surface area contributed by atoms with Crippen molar-refractivity contribution in [2.75, 3.05) is 6.67 Å². The van der Waals surface area contributed by atoms with Crippen molar-refractivity contribution in [1.29, 1.82) is 5.26 Å². The maximum absolute atomic E-state index is 11.8. The molecule has 0 saturated carbocycles. The van der Waals surface area contributed by atoms with E-state index in [4.69, 9.17) is 5.26 Å². The molecule has 1 aromatic heterocycles. The molecule has 0 aliphatic carbocycles. The molecule has 0 aliphatic rings. The maximum atomic E-state index is 11.8. The minimum atomic E-state index is -0.455. The van der Waals surface area contributed by atoms with Crippen molar-refractivity contribution >= 4 is 0 Å². The van der Waals surface area contributed by atoms with Gasteiger partial charge < -0.3 is 4.57 Å². The summed E-state index contributed by atoms with van der Waals surface area (Å²) in [6.07, 6.45) is 1.85. The third-order valence-corrected chi connectivity index (χ3v) is 1.67. The molecule has 0 atom stereocenters. The fourth-order valence-electron chi connectivity index (χ4n) is 1.03. The number of nitriles is 1. The van der Waals surface area contributed by atoms with Crippen LogP contribution in [0, 0.1) is 11.3 Å². The molecule has 0 N–H and O–H groups in total. The number of aromatic nitrogens is 1. The topological polar surface area (TPSA) is 45.8 Å². The van der Waals surface area contributed by atoms with Gasteiger partial charge in [-0.1, -0.05) is 0 Å². The maximum Gasteiger partial charge on any atom is 0.268 e. The van der Waals surface area contributed by atoms with Crippen molar-refractivity contribution in [3.8, 4) is 6.07 Å².